The van der Waals surface area contributed by atoms with Crippen LogP contribution in [0.2, 0.25) is 0 Å². The maximum absolute atomic E-state index is 4.90. The predicted octanol–water partition coefficient (Wildman–Crippen LogP) is 2.72. The van der Waals surface area contributed by atoms with Gasteiger partial charge in [-0.25, -0.2) is 9.97 Å². The normalized spacial score (nSPS) is 17.9. The Balaban J connectivity index is 0.000000606. The van der Waals surface area contributed by atoms with Gasteiger partial charge in [0.15, 0.2) is 0 Å². The molecule has 1 aliphatic heterocycles. The van der Waals surface area contributed by atoms with Crippen molar-refractivity contribution in [3.63, 3.8) is 0 Å². The minimum Gasteiger partial charge on any atom is -0.416 e. The van der Waals surface area contributed by atoms with Gasteiger partial charge in [-0.2, -0.15) is 0 Å². The van der Waals surface area contributed by atoms with Crippen LogP contribution in [0, 0.1) is 0 Å². The molecular weight excluding hydrogens is 202 g/mol. The van der Waals surface area contributed by atoms with Gasteiger partial charge in [0, 0.05) is 23.9 Å². The molecule has 4 nitrogen and oxygen atoms in total. The highest BCUT2D eigenvalue weighted by Gasteiger charge is 2.13. The van der Waals surface area contributed by atoms with E-state index >= 15 is 0 Å². The molecule has 16 heavy (non-hydrogen) atoms. The number of nitrogens with one attached hydrogen (secondary N) is 1. The van der Waals surface area contributed by atoms with E-state index in [1.165, 1.54) is 0 Å². The van der Waals surface area contributed by atoms with Crippen LogP contribution in [0.15, 0.2) is 24.7 Å². The maximum Gasteiger partial charge on any atom is 0.130 e. The molecule has 0 aliphatic carbocycles. The lowest BCUT2D eigenvalue weighted by Crippen LogP contribution is -2.13. The van der Waals surface area contributed by atoms with Crippen molar-refractivity contribution in [1.29, 1.82) is 0 Å². The van der Waals surface area contributed by atoms with Crippen LogP contribution >= 0.6 is 0 Å². The second-order valence-electron chi connectivity index (χ2n) is 3.57. The van der Waals surface area contributed by atoms with Gasteiger partial charge in [-0.3, -0.25) is 0 Å². The molecule has 0 saturated carbocycles. The van der Waals surface area contributed by atoms with E-state index in [1.807, 2.05) is 32.3 Å². The molecule has 2 rings (SSSR count). The largest absolute Gasteiger partial charge is 0.416 e. The van der Waals surface area contributed by atoms with Crippen LogP contribution in [0.4, 0.5) is 0 Å². The van der Waals surface area contributed by atoms with Gasteiger partial charge in [-0.1, -0.05) is 27.7 Å². The van der Waals surface area contributed by atoms with Crippen LogP contribution in [0.1, 0.15) is 51.0 Å². The van der Waals surface area contributed by atoms with E-state index in [9.17, 15) is 0 Å². The van der Waals surface area contributed by atoms with E-state index in [4.69, 9.17) is 4.84 Å². The van der Waals surface area contributed by atoms with Gasteiger partial charge in [0.1, 0.15) is 12.1 Å². The highest BCUT2D eigenvalue weighted by Crippen LogP contribution is 2.17. The molecule has 1 unspecified atom stereocenters. The number of hydrogen-bond acceptors (Lipinski definition) is 4. The molecule has 0 radical (unpaired) electrons. The smallest absolute Gasteiger partial charge is 0.130 e. The lowest BCUT2D eigenvalue weighted by Gasteiger charge is -2.08. The van der Waals surface area contributed by atoms with Gasteiger partial charge in [-0.15, -0.1) is 5.48 Å². The van der Waals surface area contributed by atoms with E-state index < -0.39 is 0 Å². The second kappa shape index (κ2) is 6.23. The summed E-state index contributed by atoms with van der Waals surface area (Å²) >= 11 is 0. The first-order valence-electron chi connectivity index (χ1n) is 5.67. The molecule has 0 saturated heterocycles. The van der Waals surface area contributed by atoms with E-state index in [2.05, 4.69) is 29.3 Å². The van der Waals surface area contributed by atoms with Crippen LogP contribution in [0.3, 0.4) is 0 Å². The molecule has 0 amide bonds. The van der Waals surface area contributed by atoms with Gasteiger partial charge in [-0.05, 0) is 6.08 Å². The van der Waals surface area contributed by atoms with Crippen LogP contribution in [-0.4, -0.2) is 9.97 Å². The molecule has 2 heterocycles. The first-order valence-corrected chi connectivity index (χ1v) is 5.67. The molecular formula is C12H19N3O. The lowest BCUT2D eigenvalue weighted by molar-refractivity contribution is 0.142. The Hall–Kier alpha value is -1.42. The minimum absolute atomic E-state index is 0.0798. The lowest BCUT2D eigenvalue weighted by atomic mass is 10.1. The third-order valence-electron chi connectivity index (χ3n) is 2.10. The zero-order valence-electron chi connectivity index (χ0n) is 10.3. The molecule has 88 valence electrons. The average molecular weight is 221 g/mol. The second-order valence-corrected chi connectivity index (χ2v) is 3.57. The highest BCUT2D eigenvalue weighted by atomic mass is 16.6. The number of rotatable bonds is 2. The third kappa shape index (κ3) is 3.03. The summed E-state index contributed by atoms with van der Waals surface area (Å²) in [5.41, 5.74) is 3.85. The molecule has 0 fully saturated rings. The van der Waals surface area contributed by atoms with Crippen molar-refractivity contribution < 1.29 is 4.84 Å². The summed E-state index contributed by atoms with van der Waals surface area (Å²) in [5.74, 6) is 1.24. The molecule has 1 aliphatic rings. The Kier molecular flexibility index (Phi) is 4.92. The minimum atomic E-state index is 0.0798. The van der Waals surface area contributed by atoms with Crippen LogP contribution < -0.4 is 5.48 Å². The first-order chi connectivity index (χ1) is 7.77. The monoisotopic (exact) mass is 221 g/mol. The van der Waals surface area contributed by atoms with E-state index in [1.54, 1.807) is 6.26 Å². The zero-order valence-corrected chi connectivity index (χ0v) is 10.3. The summed E-state index contributed by atoms with van der Waals surface area (Å²) in [6.07, 6.45) is 7.22. The number of aromatic nitrogens is 2. The van der Waals surface area contributed by atoms with Crippen molar-refractivity contribution in [3.05, 3.63) is 36.1 Å². The fraction of sp³-hybridized carbons (Fsp3) is 0.500. The van der Waals surface area contributed by atoms with E-state index in [0.717, 1.165) is 11.4 Å². The van der Waals surface area contributed by atoms with Crippen molar-refractivity contribution >= 4 is 0 Å². The van der Waals surface area contributed by atoms with E-state index in [0.29, 0.717) is 5.92 Å². The highest BCUT2D eigenvalue weighted by molar-refractivity contribution is 5.17. The Morgan fingerprint density at radius 3 is 2.31 bits per heavy atom. The number of hydrogen-bond donors (Lipinski definition) is 1. The molecule has 0 aromatic carbocycles. The van der Waals surface area contributed by atoms with Gasteiger partial charge in [0.25, 0.3) is 0 Å². The molecule has 1 N–H and O–H groups in total. The van der Waals surface area contributed by atoms with Crippen LogP contribution in [0.25, 0.3) is 0 Å². The summed E-state index contributed by atoms with van der Waals surface area (Å²) in [5, 5.41) is 0. The number of hydroxylamine groups is 1. The van der Waals surface area contributed by atoms with E-state index in [-0.39, 0.29) is 6.04 Å². The van der Waals surface area contributed by atoms with Crippen molar-refractivity contribution in [3.8, 4) is 0 Å². The summed E-state index contributed by atoms with van der Waals surface area (Å²) in [6, 6.07) is 0.0798. The third-order valence-corrected chi connectivity index (χ3v) is 2.10. The zero-order chi connectivity index (χ0) is 12.0. The first kappa shape index (κ1) is 12.6. The SMILES string of the molecule is CC.CC(C)c1ncc(C2C=CON2)cn1. The molecule has 4 heteroatoms. The maximum atomic E-state index is 4.90. The molecule has 1 aromatic heterocycles. The van der Waals surface area contributed by atoms with Gasteiger partial charge in [0.05, 0.1) is 6.04 Å². The predicted molar refractivity (Wildman–Crippen MR) is 63.6 cm³/mol. The Bertz CT molecular complexity index is 333. The topological polar surface area (TPSA) is 47.0 Å². The summed E-state index contributed by atoms with van der Waals surface area (Å²) in [4.78, 5) is 13.5. The molecule has 1 atom stereocenters. The fourth-order valence-corrected chi connectivity index (χ4v) is 1.26. The molecule has 1 aromatic rings. The van der Waals surface area contributed by atoms with Crippen LogP contribution in [-0.2, 0) is 4.84 Å². The quantitative estimate of drug-likeness (QED) is 0.834. The standard InChI is InChI=1S/C10H13N3O.C2H6/c1-7(2)10-11-5-8(6-12-10)9-3-4-14-13-9;1-2/h3-7,9,13H,1-2H3;1-2H3. The Morgan fingerprint density at radius 1 is 1.25 bits per heavy atom. The van der Waals surface area contributed by atoms with Crippen molar-refractivity contribution in [2.45, 2.75) is 39.7 Å². The van der Waals surface area contributed by atoms with Gasteiger partial charge in [0.2, 0.25) is 0 Å². The summed E-state index contributed by atoms with van der Waals surface area (Å²) in [7, 11) is 0. The van der Waals surface area contributed by atoms with Crippen molar-refractivity contribution in [2.75, 3.05) is 0 Å². The van der Waals surface area contributed by atoms with Crippen molar-refractivity contribution in [2.24, 2.45) is 0 Å². The Labute approximate surface area is 96.7 Å². The number of nitrogens with zero attached hydrogens (tertiary/aromatic N) is 2. The average Bonchev–Trinajstić information content (AvgIpc) is 2.85. The van der Waals surface area contributed by atoms with Crippen molar-refractivity contribution in [1.82, 2.24) is 15.4 Å². The summed E-state index contributed by atoms with van der Waals surface area (Å²) < 4.78 is 0. The Morgan fingerprint density at radius 2 is 1.88 bits per heavy atom. The van der Waals surface area contributed by atoms with Crippen LogP contribution in [0.5, 0.6) is 0 Å². The summed E-state index contributed by atoms with van der Waals surface area (Å²) in [6.45, 7) is 8.15. The van der Waals surface area contributed by atoms with Gasteiger partial charge >= 0.3 is 0 Å². The van der Waals surface area contributed by atoms with Gasteiger partial charge < -0.3 is 4.84 Å². The molecule has 0 spiro atoms. The fourth-order valence-electron chi connectivity index (χ4n) is 1.26. The molecule has 0 bridgehead atoms.